The van der Waals surface area contributed by atoms with Gasteiger partial charge in [0, 0.05) is 5.41 Å². The third-order valence-corrected chi connectivity index (χ3v) is 6.76. The average Bonchev–Trinajstić information content (AvgIpc) is 2.90. The molecule has 1 aromatic carbocycles. The first-order valence-electron chi connectivity index (χ1n) is 9.81. The highest BCUT2D eigenvalue weighted by atomic mass is 16.5. The fourth-order valence-corrected chi connectivity index (χ4v) is 5.38. The Morgan fingerprint density at radius 2 is 1.56 bits per heavy atom. The third-order valence-electron chi connectivity index (χ3n) is 6.76. The molecular formula is C21H24N2O4. The van der Waals surface area contributed by atoms with E-state index in [1.807, 2.05) is 4.90 Å². The fraction of sp³-hybridized carbons (Fsp3) is 0.571. The van der Waals surface area contributed by atoms with Crippen molar-refractivity contribution >= 4 is 17.7 Å². The first kappa shape index (κ1) is 16.9. The van der Waals surface area contributed by atoms with Crippen molar-refractivity contribution < 1.29 is 19.1 Å². The fourth-order valence-electron chi connectivity index (χ4n) is 5.38. The van der Waals surface area contributed by atoms with Crippen molar-refractivity contribution in [1.82, 2.24) is 9.80 Å². The van der Waals surface area contributed by atoms with E-state index in [1.165, 1.54) is 4.90 Å². The highest BCUT2D eigenvalue weighted by molar-refractivity contribution is 6.23. The summed E-state index contributed by atoms with van der Waals surface area (Å²) in [6.45, 7) is 4.64. The molecular weight excluding hydrogens is 344 g/mol. The number of imide groups is 1. The van der Waals surface area contributed by atoms with E-state index in [0.29, 0.717) is 17.7 Å². The van der Waals surface area contributed by atoms with Crippen molar-refractivity contribution in [3.05, 3.63) is 35.4 Å². The lowest BCUT2D eigenvalue weighted by molar-refractivity contribution is -0.285. The van der Waals surface area contributed by atoms with Crippen LogP contribution in [0.15, 0.2) is 24.3 Å². The second kappa shape index (κ2) is 5.41. The second-order valence-electron chi connectivity index (χ2n) is 8.91. The Labute approximate surface area is 158 Å². The van der Waals surface area contributed by atoms with E-state index in [2.05, 4.69) is 13.8 Å². The van der Waals surface area contributed by atoms with Gasteiger partial charge in [0.1, 0.15) is 11.8 Å². The number of β-lactam (4-membered cyclic amide) rings is 1. The average molecular weight is 368 g/mol. The van der Waals surface area contributed by atoms with Crippen LogP contribution in [0.5, 0.6) is 0 Å². The Bertz CT molecular complexity index is 820. The minimum atomic E-state index is -0.727. The molecule has 3 amide bonds. The van der Waals surface area contributed by atoms with Crippen molar-refractivity contribution in [2.24, 2.45) is 5.41 Å². The molecule has 27 heavy (non-hydrogen) atoms. The van der Waals surface area contributed by atoms with E-state index < -0.39 is 11.8 Å². The van der Waals surface area contributed by atoms with E-state index in [9.17, 15) is 14.4 Å². The van der Waals surface area contributed by atoms with Gasteiger partial charge in [0.15, 0.2) is 0 Å². The van der Waals surface area contributed by atoms with Gasteiger partial charge in [0.05, 0.1) is 23.8 Å². The third kappa shape index (κ3) is 2.07. The minimum Gasteiger partial charge on any atom is -0.355 e. The van der Waals surface area contributed by atoms with Crippen molar-refractivity contribution in [3.8, 4) is 0 Å². The second-order valence-corrected chi connectivity index (χ2v) is 8.91. The molecule has 0 N–H and O–H groups in total. The Hall–Kier alpha value is -2.21. The lowest BCUT2D eigenvalue weighted by atomic mass is 9.69. The summed E-state index contributed by atoms with van der Waals surface area (Å²) in [5.74, 6) is -0.855. The highest BCUT2D eigenvalue weighted by Crippen LogP contribution is 2.52. The Morgan fingerprint density at radius 1 is 0.963 bits per heavy atom. The minimum absolute atomic E-state index is 0.149. The molecule has 4 aliphatic rings. The SMILES string of the molecule is CC1(C)COC2(CCCCC2)N2C(=O)[C@H](N3C(=O)c4ccccc4C3=O)[C@H]21. The van der Waals surface area contributed by atoms with Gasteiger partial charge in [0.2, 0.25) is 0 Å². The molecule has 3 aliphatic heterocycles. The van der Waals surface area contributed by atoms with Crippen LogP contribution in [0.1, 0.15) is 66.7 Å². The maximum absolute atomic E-state index is 13.3. The number of hydrogen-bond acceptors (Lipinski definition) is 4. The monoisotopic (exact) mass is 368 g/mol. The molecule has 6 nitrogen and oxygen atoms in total. The van der Waals surface area contributed by atoms with Crippen LogP contribution in [0.4, 0.5) is 0 Å². The topological polar surface area (TPSA) is 66.9 Å². The predicted octanol–water partition coefficient (Wildman–Crippen LogP) is 2.58. The van der Waals surface area contributed by atoms with E-state index in [-0.39, 0.29) is 29.2 Å². The standard InChI is InChI=1S/C21H24N2O4/c1-20(2)12-27-21(10-6-3-7-11-21)23-16(20)15(19(23)26)22-17(24)13-8-4-5-9-14(13)18(22)25/h4-5,8-9,15-16H,3,6-7,10-12H2,1-2H3/t15-,16+/m1/s1. The Kier molecular flexibility index (Phi) is 3.39. The van der Waals surface area contributed by atoms with E-state index in [0.717, 1.165) is 32.1 Å². The number of hydrogen-bond donors (Lipinski definition) is 0. The lowest BCUT2D eigenvalue weighted by Crippen LogP contribution is -2.83. The van der Waals surface area contributed by atoms with Gasteiger partial charge in [-0.15, -0.1) is 0 Å². The van der Waals surface area contributed by atoms with Crippen molar-refractivity contribution in [2.75, 3.05) is 6.61 Å². The van der Waals surface area contributed by atoms with Crippen LogP contribution in [0.2, 0.25) is 0 Å². The zero-order valence-electron chi connectivity index (χ0n) is 15.7. The number of nitrogens with zero attached hydrogens (tertiary/aromatic N) is 2. The molecule has 1 aliphatic carbocycles. The normalized spacial score (nSPS) is 31.0. The van der Waals surface area contributed by atoms with Crippen LogP contribution in [-0.2, 0) is 9.53 Å². The molecule has 3 fully saturated rings. The molecule has 6 heteroatoms. The first-order chi connectivity index (χ1) is 12.9. The van der Waals surface area contributed by atoms with Crippen molar-refractivity contribution in [3.63, 3.8) is 0 Å². The summed E-state index contributed by atoms with van der Waals surface area (Å²) < 4.78 is 6.27. The van der Waals surface area contributed by atoms with Crippen LogP contribution in [-0.4, -0.2) is 51.9 Å². The summed E-state index contributed by atoms with van der Waals surface area (Å²) in [5, 5.41) is 0. The molecule has 0 aromatic heterocycles. The predicted molar refractivity (Wildman–Crippen MR) is 96.9 cm³/mol. The quantitative estimate of drug-likeness (QED) is 0.564. The van der Waals surface area contributed by atoms with E-state index in [4.69, 9.17) is 4.74 Å². The largest absolute Gasteiger partial charge is 0.355 e. The summed E-state index contributed by atoms with van der Waals surface area (Å²) in [6.07, 6.45) is 4.90. The maximum atomic E-state index is 13.3. The molecule has 3 heterocycles. The van der Waals surface area contributed by atoms with Crippen molar-refractivity contribution in [1.29, 1.82) is 0 Å². The molecule has 2 atom stereocenters. The van der Waals surface area contributed by atoms with Gasteiger partial charge in [0.25, 0.3) is 17.7 Å². The molecule has 0 unspecified atom stereocenters. The molecule has 1 saturated carbocycles. The Morgan fingerprint density at radius 3 is 2.15 bits per heavy atom. The summed E-state index contributed by atoms with van der Waals surface area (Å²) in [6, 6.07) is 5.90. The summed E-state index contributed by atoms with van der Waals surface area (Å²) in [7, 11) is 0. The number of fused-ring (bicyclic) bond motifs is 3. The molecule has 1 aromatic rings. The van der Waals surface area contributed by atoms with Crippen LogP contribution in [0.3, 0.4) is 0 Å². The molecule has 142 valence electrons. The van der Waals surface area contributed by atoms with Gasteiger partial charge in [-0.25, -0.2) is 0 Å². The van der Waals surface area contributed by atoms with E-state index >= 15 is 0 Å². The summed E-state index contributed by atoms with van der Waals surface area (Å²) in [4.78, 5) is 42.2. The van der Waals surface area contributed by atoms with Crippen LogP contribution < -0.4 is 0 Å². The van der Waals surface area contributed by atoms with Gasteiger partial charge in [-0.3, -0.25) is 19.3 Å². The highest BCUT2D eigenvalue weighted by Gasteiger charge is 2.68. The van der Waals surface area contributed by atoms with Gasteiger partial charge in [-0.2, -0.15) is 0 Å². The number of benzene rings is 1. The van der Waals surface area contributed by atoms with Gasteiger partial charge >= 0.3 is 0 Å². The number of ether oxygens (including phenoxy) is 1. The van der Waals surface area contributed by atoms with Crippen LogP contribution >= 0.6 is 0 Å². The van der Waals surface area contributed by atoms with Crippen molar-refractivity contribution in [2.45, 2.75) is 63.8 Å². The maximum Gasteiger partial charge on any atom is 0.262 e. The molecule has 2 saturated heterocycles. The zero-order chi connectivity index (χ0) is 19.0. The number of amides is 3. The number of carbonyl (C=O) groups is 3. The smallest absolute Gasteiger partial charge is 0.262 e. The molecule has 1 spiro atoms. The first-order valence-corrected chi connectivity index (χ1v) is 9.81. The van der Waals surface area contributed by atoms with Crippen LogP contribution in [0.25, 0.3) is 0 Å². The summed E-state index contributed by atoms with van der Waals surface area (Å²) >= 11 is 0. The Balaban J connectivity index is 1.53. The molecule has 0 radical (unpaired) electrons. The van der Waals surface area contributed by atoms with E-state index in [1.54, 1.807) is 24.3 Å². The number of rotatable bonds is 1. The van der Waals surface area contributed by atoms with Gasteiger partial charge in [-0.05, 0) is 37.8 Å². The number of carbonyl (C=O) groups excluding carboxylic acids is 3. The van der Waals surface area contributed by atoms with Crippen LogP contribution in [0, 0.1) is 5.41 Å². The lowest BCUT2D eigenvalue weighted by Gasteiger charge is -2.66. The van der Waals surface area contributed by atoms with Gasteiger partial charge in [-0.1, -0.05) is 32.4 Å². The molecule has 0 bridgehead atoms. The van der Waals surface area contributed by atoms with Gasteiger partial charge < -0.3 is 9.64 Å². The zero-order valence-corrected chi connectivity index (χ0v) is 15.7. The summed E-state index contributed by atoms with van der Waals surface area (Å²) in [5.41, 5.74) is -0.0848. The molecule has 5 rings (SSSR count).